The molecule has 0 aromatic heterocycles. The zero-order chi connectivity index (χ0) is 22.6. The lowest BCUT2D eigenvalue weighted by molar-refractivity contribution is -0.138. The van der Waals surface area contributed by atoms with E-state index in [2.05, 4.69) is 0 Å². The van der Waals surface area contributed by atoms with Gasteiger partial charge in [0.15, 0.2) is 0 Å². The number of nitrogens with zero attached hydrogens (tertiary/aromatic N) is 1. The Kier molecular flexibility index (Phi) is 7.29. The Balaban J connectivity index is 1.48. The van der Waals surface area contributed by atoms with Crippen LogP contribution >= 0.6 is 0 Å². The minimum Gasteiger partial charge on any atom is -0.481 e. The molecule has 3 atom stereocenters. The maximum atomic E-state index is 12.9. The second kappa shape index (κ2) is 9.59. The third kappa shape index (κ3) is 5.99. The van der Waals surface area contributed by atoms with E-state index in [0.717, 1.165) is 44.2 Å². The van der Waals surface area contributed by atoms with E-state index in [-0.39, 0.29) is 30.2 Å². The summed E-state index contributed by atoms with van der Waals surface area (Å²) < 4.78 is 38.7. The van der Waals surface area contributed by atoms with Gasteiger partial charge in [0.05, 0.1) is 11.7 Å². The highest BCUT2D eigenvalue weighted by Gasteiger charge is 2.62. The van der Waals surface area contributed by atoms with E-state index in [1.54, 1.807) is 6.07 Å². The number of benzene rings is 1. The van der Waals surface area contributed by atoms with Crippen molar-refractivity contribution in [2.75, 3.05) is 6.54 Å². The number of hydrogen-bond acceptors (Lipinski definition) is 3. The summed E-state index contributed by atoms with van der Waals surface area (Å²) in [6.07, 6.45) is 0.899. The molecule has 1 amide bonds. The molecule has 0 radical (unpaired) electrons. The fourth-order valence-corrected chi connectivity index (χ4v) is 4.95. The normalized spacial score (nSPS) is 24.1. The van der Waals surface area contributed by atoms with E-state index >= 15 is 0 Å². The predicted molar refractivity (Wildman–Crippen MR) is 108 cm³/mol. The van der Waals surface area contributed by atoms with Crippen molar-refractivity contribution in [3.05, 3.63) is 35.4 Å². The minimum absolute atomic E-state index is 0.125. The molecule has 1 aliphatic carbocycles. The quantitative estimate of drug-likeness (QED) is 0.499. The fraction of sp³-hybridized carbons (Fsp3) is 0.652. The first-order valence-corrected chi connectivity index (χ1v) is 11.0. The van der Waals surface area contributed by atoms with Crippen LogP contribution in [0.4, 0.5) is 13.2 Å². The van der Waals surface area contributed by atoms with Crippen molar-refractivity contribution in [2.24, 2.45) is 5.92 Å². The van der Waals surface area contributed by atoms with E-state index in [1.165, 1.54) is 6.07 Å². The number of carbonyl (C=O) groups is 2. The smallest absolute Gasteiger partial charge is 0.416 e. The maximum absolute atomic E-state index is 12.9. The van der Waals surface area contributed by atoms with Crippen LogP contribution in [0.15, 0.2) is 24.3 Å². The number of aliphatic hydroxyl groups is 1. The number of hydrogen-bond donors (Lipinski definition) is 2. The van der Waals surface area contributed by atoms with Gasteiger partial charge in [-0.05, 0) is 56.1 Å². The van der Waals surface area contributed by atoms with Crippen molar-refractivity contribution in [3.8, 4) is 0 Å². The third-order valence-electron chi connectivity index (χ3n) is 6.61. The largest absolute Gasteiger partial charge is 0.481 e. The number of halogens is 3. The van der Waals surface area contributed by atoms with Crippen LogP contribution in [0.2, 0.25) is 0 Å². The van der Waals surface area contributed by atoms with Gasteiger partial charge in [-0.3, -0.25) is 9.59 Å². The molecule has 1 aromatic carbocycles. The van der Waals surface area contributed by atoms with Crippen molar-refractivity contribution in [2.45, 2.75) is 82.0 Å². The number of unbranched alkanes of at least 4 members (excludes halogenated alkanes) is 3. The Bertz CT molecular complexity index is 797. The molecule has 2 N–H and O–H groups in total. The Morgan fingerprint density at radius 2 is 1.97 bits per heavy atom. The lowest BCUT2D eigenvalue weighted by Crippen LogP contribution is -2.37. The van der Waals surface area contributed by atoms with E-state index in [4.69, 9.17) is 5.11 Å². The van der Waals surface area contributed by atoms with Crippen LogP contribution in [0.3, 0.4) is 0 Å². The fourth-order valence-electron chi connectivity index (χ4n) is 4.95. The summed E-state index contributed by atoms with van der Waals surface area (Å²) in [5.41, 5.74) is -0.457. The highest BCUT2D eigenvalue weighted by Crippen LogP contribution is 2.57. The lowest BCUT2D eigenvalue weighted by Gasteiger charge is -2.27. The van der Waals surface area contributed by atoms with Crippen molar-refractivity contribution < 1.29 is 33.0 Å². The first-order valence-electron chi connectivity index (χ1n) is 11.0. The topological polar surface area (TPSA) is 77.8 Å². The average Bonchev–Trinajstić information content (AvgIpc) is 3.27. The van der Waals surface area contributed by atoms with Gasteiger partial charge in [-0.1, -0.05) is 31.0 Å². The zero-order valence-electron chi connectivity index (χ0n) is 17.5. The van der Waals surface area contributed by atoms with E-state index in [1.807, 2.05) is 4.90 Å². The second-order valence-corrected chi connectivity index (χ2v) is 8.90. The van der Waals surface area contributed by atoms with Crippen molar-refractivity contribution in [1.29, 1.82) is 0 Å². The van der Waals surface area contributed by atoms with Crippen molar-refractivity contribution in [3.63, 3.8) is 0 Å². The summed E-state index contributed by atoms with van der Waals surface area (Å²) in [5.74, 6) is -0.495. The molecular weight excluding hydrogens is 411 g/mol. The standard InChI is InChI=1S/C23H30F3NO4/c24-23(25,26)17-7-5-6-16(12-17)13-19(28)14-18-15-22(18)10-9-20(29)27(22)11-4-2-1-3-8-21(30)31/h5-7,12,18-19,28H,1-4,8-11,13-15H2,(H,30,31)/t18-,19-,22?/m0/s1. The molecule has 2 fully saturated rings. The lowest BCUT2D eigenvalue weighted by atomic mass is 9.99. The van der Waals surface area contributed by atoms with Crippen LogP contribution in [0, 0.1) is 5.92 Å². The van der Waals surface area contributed by atoms with Crippen LogP contribution in [-0.4, -0.2) is 45.2 Å². The van der Waals surface area contributed by atoms with E-state index < -0.39 is 23.8 Å². The van der Waals surface area contributed by atoms with E-state index in [0.29, 0.717) is 31.4 Å². The number of likely N-dealkylation sites (tertiary alicyclic amines) is 1. The molecule has 1 saturated carbocycles. The van der Waals surface area contributed by atoms with Gasteiger partial charge in [-0.15, -0.1) is 0 Å². The Labute approximate surface area is 180 Å². The summed E-state index contributed by atoms with van der Waals surface area (Å²) in [7, 11) is 0. The van der Waals surface area contributed by atoms with Gasteiger partial charge >= 0.3 is 12.1 Å². The molecular formula is C23H30F3NO4. The second-order valence-electron chi connectivity index (χ2n) is 8.90. The SMILES string of the molecule is O=C(O)CCCCCCN1C(=O)CCC12C[C@@H]2C[C@@H](O)Cc1cccc(C(F)(F)F)c1. The number of carbonyl (C=O) groups excluding carboxylic acids is 1. The summed E-state index contributed by atoms with van der Waals surface area (Å²) in [6, 6.07) is 5.06. The molecule has 1 aromatic rings. The number of aliphatic hydroxyl groups excluding tert-OH is 1. The van der Waals surface area contributed by atoms with Gasteiger partial charge in [0, 0.05) is 24.9 Å². The number of carboxylic acid groups (broad SMARTS) is 1. The first-order chi connectivity index (χ1) is 14.6. The molecule has 2 aliphatic rings. The molecule has 172 valence electrons. The first kappa shape index (κ1) is 23.6. The molecule has 3 rings (SSSR count). The monoisotopic (exact) mass is 441 g/mol. The van der Waals surface area contributed by atoms with Gasteiger partial charge in [-0.25, -0.2) is 0 Å². The number of alkyl halides is 3. The van der Waals surface area contributed by atoms with Gasteiger partial charge in [-0.2, -0.15) is 13.2 Å². The van der Waals surface area contributed by atoms with Crippen LogP contribution in [-0.2, 0) is 22.2 Å². The molecule has 1 spiro atoms. The Morgan fingerprint density at radius 1 is 1.23 bits per heavy atom. The number of aliphatic carboxylic acids is 1. The summed E-state index contributed by atoms with van der Waals surface area (Å²) >= 11 is 0. The minimum atomic E-state index is -4.40. The average molecular weight is 441 g/mol. The highest BCUT2D eigenvalue weighted by molar-refractivity contribution is 5.80. The molecule has 1 saturated heterocycles. The Hall–Kier alpha value is -2.09. The van der Waals surface area contributed by atoms with Crippen molar-refractivity contribution in [1.82, 2.24) is 4.90 Å². The molecule has 1 aliphatic heterocycles. The summed E-state index contributed by atoms with van der Waals surface area (Å²) in [5, 5.41) is 19.2. The van der Waals surface area contributed by atoms with Crippen LogP contribution in [0.1, 0.15) is 68.9 Å². The summed E-state index contributed by atoms with van der Waals surface area (Å²) in [6.45, 7) is 0.645. The maximum Gasteiger partial charge on any atom is 0.416 e. The molecule has 5 nitrogen and oxygen atoms in total. The van der Waals surface area contributed by atoms with Crippen LogP contribution in [0.25, 0.3) is 0 Å². The van der Waals surface area contributed by atoms with Gasteiger partial charge in [0.25, 0.3) is 0 Å². The molecule has 31 heavy (non-hydrogen) atoms. The number of carboxylic acids is 1. The zero-order valence-corrected chi connectivity index (χ0v) is 17.5. The van der Waals surface area contributed by atoms with E-state index in [9.17, 15) is 27.9 Å². The predicted octanol–water partition coefficient (Wildman–Crippen LogP) is 4.42. The Morgan fingerprint density at radius 3 is 2.68 bits per heavy atom. The third-order valence-corrected chi connectivity index (χ3v) is 6.61. The van der Waals surface area contributed by atoms with Crippen molar-refractivity contribution >= 4 is 11.9 Å². The van der Waals surface area contributed by atoms with Gasteiger partial charge in [0.1, 0.15) is 0 Å². The molecule has 1 unspecified atom stereocenters. The molecule has 1 heterocycles. The van der Waals surface area contributed by atoms with Crippen LogP contribution < -0.4 is 0 Å². The number of rotatable bonds is 11. The van der Waals surface area contributed by atoms with Gasteiger partial charge < -0.3 is 15.1 Å². The molecule has 0 bridgehead atoms. The number of amides is 1. The van der Waals surface area contributed by atoms with Gasteiger partial charge in [0.2, 0.25) is 5.91 Å². The van der Waals surface area contributed by atoms with Crippen LogP contribution in [0.5, 0.6) is 0 Å². The summed E-state index contributed by atoms with van der Waals surface area (Å²) in [4.78, 5) is 24.9. The highest BCUT2D eigenvalue weighted by atomic mass is 19.4. The molecule has 8 heteroatoms.